The summed E-state index contributed by atoms with van der Waals surface area (Å²) in [6.45, 7) is 1.67. The second kappa shape index (κ2) is 7.80. The lowest BCUT2D eigenvalue weighted by molar-refractivity contribution is -0.140. The van der Waals surface area contributed by atoms with Gasteiger partial charge in [-0.2, -0.15) is 13.2 Å². The number of benzene rings is 1. The average molecular weight is 425 g/mol. The molecule has 0 bridgehead atoms. The summed E-state index contributed by atoms with van der Waals surface area (Å²) in [6, 6.07) is 1.85. The Morgan fingerprint density at radius 1 is 1.20 bits per heavy atom. The maximum Gasteiger partial charge on any atom is 0.416 e. The predicted octanol–water partition coefficient (Wildman–Crippen LogP) is 1.84. The second-order valence-corrected chi connectivity index (χ2v) is 7.60. The quantitative estimate of drug-likeness (QED) is 0.510. The molecule has 3 aliphatic rings. The number of nitrogens with one attached hydrogen (secondary N) is 1. The minimum absolute atomic E-state index is 0.0428. The Kier molecular flexibility index (Phi) is 5.32. The Morgan fingerprint density at radius 2 is 1.97 bits per heavy atom. The number of urea groups is 1. The predicted molar refractivity (Wildman–Crippen MR) is 96.6 cm³/mol. The number of ether oxygens (including phenoxy) is 1. The minimum Gasteiger partial charge on any atom is -0.366 e. The Labute approximate surface area is 170 Å². The average Bonchev–Trinajstić information content (AvgIpc) is 2.66. The van der Waals surface area contributed by atoms with Crippen molar-refractivity contribution >= 4 is 11.9 Å². The molecule has 2 atom stereocenters. The van der Waals surface area contributed by atoms with Crippen molar-refractivity contribution in [3.05, 3.63) is 35.1 Å². The number of hydrogen-bond donors (Lipinski definition) is 1. The third kappa shape index (κ3) is 4.21. The molecule has 0 spiro atoms. The van der Waals surface area contributed by atoms with Gasteiger partial charge in [-0.3, -0.25) is 4.79 Å². The molecule has 6 nitrogen and oxygen atoms in total. The number of halogens is 4. The molecule has 3 fully saturated rings. The highest BCUT2D eigenvalue weighted by atomic mass is 19.4. The molecule has 0 unspecified atom stereocenters. The molecule has 3 heterocycles. The van der Waals surface area contributed by atoms with Crippen molar-refractivity contribution in [3.63, 3.8) is 0 Å². The molecule has 3 aliphatic heterocycles. The Hall–Kier alpha value is -2.80. The number of morpholine rings is 1. The fourth-order valence-corrected chi connectivity index (χ4v) is 3.77. The van der Waals surface area contributed by atoms with E-state index in [-0.39, 0.29) is 42.2 Å². The first-order valence-corrected chi connectivity index (χ1v) is 9.54. The molecular weight excluding hydrogens is 406 g/mol. The van der Waals surface area contributed by atoms with E-state index in [1.807, 2.05) is 0 Å². The number of likely N-dealkylation sites (tertiary alicyclic amines) is 2. The van der Waals surface area contributed by atoms with Crippen molar-refractivity contribution in [2.75, 3.05) is 32.8 Å². The zero-order valence-corrected chi connectivity index (χ0v) is 15.8. The second-order valence-electron chi connectivity index (χ2n) is 7.60. The lowest BCUT2D eigenvalue weighted by atomic mass is 9.98. The Morgan fingerprint density at radius 3 is 2.67 bits per heavy atom. The van der Waals surface area contributed by atoms with Gasteiger partial charge in [-0.05, 0) is 24.6 Å². The lowest BCUT2D eigenvalue weighted by Gasteiger charge is -2.45. The van der Waals surface area contributed by atoms with Crippen LogP contribution in [-0.2, 0) is 15.7 Å². The van der Waals surface area contributed by atoms with E-state index in [0.717, 1.165) is 12.1 Å². The smallest absolute Gasteiger partial charge is 0.366 e. The summed E-state index contributed by atoms with van der Waals surface area (Å²) in [5, 5.41) is 2.84. The fourth-order valence-electron chi connectivity index (χ4n) is 3.77. The molecule has 1 aromatic carbocycles. The van der Waals surface area contributed by atoms with Crippen molar-refractivity contribution < 1.29 is 31.9 Å². The van der Waals surface area contributed by atoms with E-state index in [1.165, 1.54) is 0 Å². The van der Waals surface area contributed by atoms with Crippen LogP contribution in [0.15, 0.2) is 18.2 Å². The van der Waals surface area contributed by atoms with Gasteiger partial charge < -0.3 is 19.9 Å². The minimum atomic E-state index is -4.61. The lowest BCUT2D eigenvalue weighted by Crippen LogP contribution is -2.64. The van der Waals surface area contributed by atoms with E-state index >= 15 is 0 Å². The standard InChI is InChI=1S/C20H19F4N3O3/c21-15-7-14(20(22,23)24)4-3-13(15)2-1-12-8-27(9-12)19(29)26-6-5-17-16(10-26)25-18(28)11-30-17/h3-4,7,12,16-17H,5-6,8-11H2,(H,25,28)/t16-,17+/m1/s1. The number of carbonyl (C=O) groups is 2. The highest BCUT2D eigenvalue weighted by Crippen LogP contribution is 2.30. The number of piperidine rings is 1. The molecule has 3 saturated heterocycles. The van der Waals surface area contributed by atoms with Crippen LogP contribution in [0.3, 0.4) is 0 Å². The first-order valence-electron chi connectivity index (χ1n) is 9.54. The molecule has 4 rings (SSSR count). The molecule has 10 heteroatoms. The third-order valence-electron chi connectivity index (χ3n) is 5.45. The van der Waals surface area contributed by atoms with E-state index in [2.05, 4.69) is 17.2 Å². The van der Waals surface area contributed by atoms with Gasteiger partial charge in [0.2, 0.25) is 5.91 Å². The summed E-state index contributed by atoms with van der Waals surface area (Å²) in [4.78, 5) is 27.4. The van der Waals surface area contributed by atoms with Crippen molar-refractivity contribution in [2.45, 2.75) is 24.7 Å². The third-order valence-corrected chi connectivity index (χ3v) is 5.45. The number of nitrogens with zero attached hydrogens (tertiary/aromatic N) is 2. The SMILES string of the molecule is O=C1CO[C@H]2CCN(C(=O)N3CC(C#Cc4ccc(C(F)(F)F)cc4F)C3)C[C@H]2N1. The van der Waals surface area contributed by atoms with Gasteiger partial charge in [0, 0.05) is 26.2 Å². The van der Waals surface area contributed by atoms with Crippen LogP contribution in [0.5, 0.6) is 0 Å². The van der Waals surface area contributed by atoms with Gasteiger partial charge in [-0.25, -0.2) is 9.18 Å². The molecule has 1 N–H and O–H groups in total. The summed E-state index contributed by atoms with van der Waals surface area (Å²) in [5.74, 6) is 3.99. The van der Waals surface area contributed by atoms with E-state index in [0.29, 0.717) is 38.7 Å². The van der Waals surface area contributed by atoms with Crippen LogP contribution >= 0.6 is 0 Å². The van der Waals surface area contributed by atoms with Crippen molar-refractivity contribution in [2.24, 2.45) is 5.92 Å². The van der Waals surface area contributed by atoms with Crippen molar-refractivity contribution in [1.82, 2.24) is 15.1 Å². The maximum atomic E-state index is 13.9. The van der Waals surface area contributed by atoms with Crippen LogP contribution < -0.4 is 5.32 Å². The summed E-state index contributed by atoms with van der Waals surface area (Å²) >= 11 is 0. The molecule has 0 aromatic heterocycles. The van der Waals surface area contributed by atoms with Gasteiger partial charge in [0.05, 0.1) is 29.2 Å². The molecule has 0 radical (unpaired) electrons. The largest absolute Gasteiger partial charge is 0.416 e. The number of hydrogen-bond acceptors (Lipinski definition) is 3. The molecule has 30 heavy (non-hydrogen) atoms. The van der Waals surface area contributed by atoms with E-state index in [4.69, 9.17) is 4.74 Å². The van der Waals surface area contributed by atoms with Gasteiger partial charge in [0.15, 0.2) is 0 Å². The molecule has 1 aromatic rings. The molecule has 0 aliphatic carbocycles. The highest BCUT2D eigenvalue weighted by molar-refractivity contribution is 5.79. The molecule has 3 amide bonds. The normalized spacial score (nSPS) is 24.3. The van der Waals surface area contributed by atoms with Crippen LogP contribution in [0, 0.1) is 23.6 Å². The van der Waals surface area contributed by atoms with Gasteiger partial charge in [0.25, 0.3) is 0 Å². The molecule has 160 valence electrons. The van der Waals surface area contributed by atoms with Crippen LogP contribution in [0.1, 0.15) is 17.5 Å². The maximum absolute atomic E-state index is 13.9. The van der Waals surface area contributed by atoms with Gasteiger partial charge in [-0.15, -0.1) is 0 Å². The topological polar surface area (TPSA) is 61.9 Å². The number of amides is 3. The highest BCUT2D eigenvalue weighted by Gasteiger charge is 2.39. The summed E-state index contributed by atoms with van der Waals surface area (Å²) < 4.78 is 57.1. The van der Waals surface area contributed by atoms with Crippen molar-refractivity contribution in [3.8, 4) is 11.8 Å². The number of fused-ring (bicyclic) bond motifs is 1. The van der Waals surface area contributed by atoms with Crippen molar-refractivity contribution in [1.29, 1.82) is 0 Å². The van der Waals surface area contributed by atoms with Gasteiger partial charge in [-0.1, -0.05) is 11.8 Å². The first-order chi connectivity index (χ1) is 14.2. The molecule has 0 saturated carbocycles. The first kappa shape index (κ1) is 20.5. The van der Waals surface area contributed by atoms with E-state index in [1.54, 1.807) is 9.80 Å². The Balaban J connectivity index is 1.31. The zero-order chi connectivity index (χ0) is 21.5. The number of alkyl halides is 3. The number of rotatable bonds is 0. The van der Waals surface area contributed by atoms with Crippen LogP contribution in [0.4, 0.5) is 22.4 Å². The van der Waals surface area contributed by atoms with Crippen LogP contribution in [0.2, 0.25) is 0 Å². The Bertz CT molecular complexity index is 918. The van der Waals surface area contributed by atoms with Crippen LogP contribution in [-0.4, -0.2) is 66.7 Å². The van der Waals surface area contributed by atoms with E-state index in [9.17, 15) is 27.2 Å². The van der Waals surface area contributed by atoms with Gasteiger partial charge >= 0.3 is 12.2 Å². The molecular formula is C20H19F4N3O3. The van der Waals surface area contributed by atoms with Gasteiger partial charge in [0.1, 0.15) is 12.4 Å². The summed E-state index contributed by atoms with van der Waals surface area (Å²) in [5.41, 5.74) is -1.17. The number of carbonyl (C=O) groups excluding carboxylic acids is 2. The fraction of sp³-hybridized carbons (Fsp3) is 0.500. The zero-order valence-electron chi connectivity index (χ0n) is 15.8. The monoisotopic (exact) mass is 425 g/mol. The van der Waals surface area contributed by atoms with Crippen LogP contribution in [0.25, 0.3) is 0 Å². The summed E-state index contributed by atoms with van der Waals surface area (Å²) in [7, 11) is 0. The summed E-state index contributed by atoms with van der Waals surface area (Å²) in [6.07, 6.45) is -4.05. The van der Waals surface area contributed by atoms with E-state index < -0.39 is 17.6 Å².